The van der Waals surface area contributed by atoms with Gasteiger partial charge in [0.15, 0.2) is 6.61 Å². The van der Waals surface area contributed by atoms with Gasteiger partial charge in [0, 0.05) is 30.9 Å². The highest BCUT2D eigenvalue weighted by atomic mass is 32.1. The minimum atomic E-state index is -0.254. The fraction of sp³-hybridized carbons (Fsp3) is 0.346. The molecule has 0 N–H and O–H groups in total. The Morgan fingerprint density at radius 2 is 2.14 bits per heavy atom. The van der Waals surface area contributed by atoms with E-state index in [0.29, 0.717) is 35.2 Å². The Labute approximate surface area is 208 Å². The van der Waals surface area contributed by atoms with Gasteiger partial charge >= 0.3 is 0 Å². The van der Waals surface area contributed by atoms with Crippen molar-refractivity contribution in [3.63, 3.8) is 0 Å². The SMILES string of the molecule is CC(C)(C)c1ccc2c(c1)N(Cc1nc(C(=O)N(CCC#N)Cc3cccnc3)cs1)C(=O)CO2. The number of rotatable bonds is 7. The van der Waals surface area contributed by atoms with E-state index in [1.807, 2.05) is 30.3 Å². The minimum absolute atomic E-state index is 0.0356. The molecule has 4 rings (SSSR count). The lowest BCUT2D eigenvalue weighted by atomic mass is 9.86. The first-order valence-corrected chi connectivity index (χ1v) is 12.2. The maximum atomic E-state index is 13.2. The molecular formula is C26H27N5O3S. The van der Waals surface area contributed by atoms with E-state index in [2.05, 4.69) is 36.8 Å². The molecule has 9 heteroatoms. The Morgan fingerprint density at radius 1 is 1.31 bits per heavy atom. The van der Waals surface area contributed by atoms with Crippen LogP contribution in [0.15, 0.2) is 48.1 Å². The van der Waals surface area contributed by atoms with Crippen LogP contribution in [-0.2, 0) is 23.3 Å². The molecule has 8 nitrogen and oxygen atoms in total. The number of ether oxygens (including phenoxy) is 1. The van der Waals surface area contributed by atoms with E-state index in [4.69, 9.17) is 10.00 Å². The van der Waals surface area contributed by atoms with Gasteiger partial charge in [-0.05, 0) is 34.7 Å². The molecule has 0 unspecified atom stereocenters. The number of pyridine rings is 1. The number of carbonyl (C=O) groups is 2. The van der Waals surface area contributed by atoms with Crippen LogP contribution in [0.5, 0.6) is 5.75 Å². The van der Waals surface area contributed by atoms with Crippen molar-refractivity contribution in [1.82, 2.24) is 14.9 Å². The van der Waals surface area contributed by atoms with Crippen LogP contribution in [0.3, 0.4) is 0 Å². The number of benzene rings is 1. The minimum Gasteiger partial charge on any atom is -0.482 e. The van der Waals surface area contributed by atoms with Crippen LogP contribution in [-0.4, -0.2) is 39.8 Å². The molecule has 3 aromatic rings. The van der Waals surface area contributed by atoms with Crippen molar-refractivity contribution in [2.75, 3.05) is 18.1 Å². The van der Waals surface area contributed by atoms with Gasteiger partial charge in [0.1, 0.15) is 16.5 Å². The van der Waals surface area contributed by atoms with Crippen LogP contribution in [0.1, 0.15) is 53.8 Å². The summed E-state index contributed by atoms with van der Waals surface area (Å²) in [7, 11) is 0. The summed E-state index contributed by atoms with van der Waals surface area (Å²) in [4.78, 5) is 37.9. The number of hydrogen-bond acceptors (Lipinski definition) is 7. The summed E-state index contributed by atoms with van der Waals surface area (Å²) in [6.07, 6.45) is 3.60. The zero-order valence-corrected chi connectivity index (χ0v) is 20.8. The molecule has 35 heavy (non-hydrogen) atoms. The van der Waals surface area contributed by atoms with Crippen molar-refractivity contribution in [3.05, 3.63) is 69.9 Å². The van der Waals surface area contributed by atoms with E-state index in [1.165, 1.54) is 11.3 Å². The molecular weight excluding hydrogens is 462 g/mol. The highest BCUT2D eigenvalue weighted by molar-refractivity contribution is 7.09. The molecule has 3 heterocycles. The van der Waals surface area contributed by atoms with Gasteiger partial charge in [0.05, 0.1) is 24.7 Å². The first-order valence-electron chi connectivity index (χ1n) is 11.3. The van der Waals surface area contributed by atoms with Crippen molar-refractivity contribution >= 4 is 28.8 Å². The predicted molar refractivity (Wildman–Crippen MR) is 133 cm³/mol. The summed E-state index contributed by atoms with van der Waals surface area (Å²) >= 11 is 1.33. The molecule has 0 spiro atoms. The number of thiazole rings is 1. The van der Waals surface area contributed by atoms with Gasteiger partial charge in [-0.2, -0.15) is 5.26 Å². The monoisotopic (exact) mass is 489 g/mol. The Hall–Kier alpha value is -3.77. The number of anilines is 1. The van der Waals surface area contributed by atoms with Crippen LogP contribution in [0.4, 0.5) is 5.69 Å². The lowest BCUT2D eigenvalue weighted by molar-refractivity contribution is -0.121. The van der Waals surface area contributed by atoms with E-state index in [9.17, 15) is 9.59 Å². The molecule has 180 valence electrons. The zero-order chi connectivity index (χ0) is 25.0. The van der Waals surface area contributed by atoms with Crippen LogP contribution >= 0.6 is 11.3 Å². The van der Waals surface area contributed by atoms with Crippen molar-refractivity contribution in [1.29, 1.82) is 5.26 Å². The normalized spacial score (nSPS) is 13.1. The van der Waals surface area contributed by atoms with Gasteiger partial charge in [0.2, 0.25) is 0 Å². The lowest BCUT2D eigenvalue weighted by Gasteiger charge is -2.31. The number of amides is 2. The number of carbonyl (C=O) groups excluding carboxylic acids is 2. The average molecular weight is 490 g/mol. The van der Waals surface area contributed by atoms with Gasteiger partial charge < -0.3 is 9.64 Å². The van der Waals surface area contributed by atoms with Gasteiger partial charge in [-0.3, -0.25) is 19.5 Å². The average Bonchev–Trinajstić information content (AvgIpc) is 3.31. The second-order valence-corrected chi connectivity index (χ2v) is 10.3. The van der Waals surface area contributed by atoms with Gasteiger partial charge in [-0.1, -0.05) is 32.9 Å². The van der Waals surface area contributed by atoms with Crippen LogP contribution < -0.4 is 9.64 Å². The largest absolute Gasteiger partial charge is 0.482 e. The lowest BCUT2D eigenvalue weighted by Crippen LogP contribution is -2.38. The molecule has 0 saturated carbocycles. The molecule has 0 atom stereocenters. The fourth-order valence-corrected chi connectivity index (χ4v) is 4.53. The maximum Gasteiger partial charge on any atom is 0.273 e. The predicted octanol–water partition coefficient (Wildman–Crippen LogP) is 4.32. The van der Waals surface area contributed by atoms with E-state index >= 15 is 0 Å². The van der Waals surface area contributed by atoms with Crippen LogP contribution in [0, 0.1) is 11.3 Å². The highest BCUT2D eigenvalue weighted by Gasteiger charge is 2.29. The van der Waals surface area contributed by atoms with Crippen LogP contribution in [0.2, 0.25) is 0 Å². The molecule has 2 amide bonds. The smallest absolute Gasteiger partial charge is 0.273 e. The summed E-state index contributed by atoms with van der Waals surface area (Å²) in [5.41, 5.74) is 2.90. The van der Waals surface area contributed by atoms with E-state index < -0.39 is 0 Å². The highest BCUT2D eigenvalue weighted by Crippen LogP contribution is 2.37. The summed E-state index contributed by atoms with van der Waals surface area (Å²) in [5, 5.41) is 11.4. The van der Waals surface area contributed by atoms with Crippen LogP contribution in [0.25, 0.3) is 0 Å². The third-order valence-electron chi connectivity index (χ3n) is 5.71. The Balaban J connectivity index is 1.55. The maximum absolute atomic E-state index is 13.2. The number of nitrogens with zero attached hydrogens (tertiary/aromatic N) is 5. The molecule has 1 aliphatic rings. The zero-order valence-electron chi connectivity index (χ0n) is 20.0. The first kappa shape index (κ1) is 24.4. The van der Waals surface area contributed by atoms with Crippen molar-refractivity contribution in [2.45, 2.75) is 45.7 Å². The molecule has 0 fully saturated rings. The molecule has 2 aromatic heterocycles. The summed E-state index contributed by atoms with van der Waals surface area (Å²) < 4.78 is 5.64. The van der Waals surface area contributed by atoms with E-state index in [1.54, 1.807) is 27.6 Å². The summed E-state index contributed by atoms with van der Waals surface area (Å²) in [6.45, 7) is 7.20. The molecule has 0 bridgehead atoms. The number of fused-ring (bicyclic) bond motifs is 1. The first-order chi connectivity index (χ1) is 16.8. The number of nitriles is 1. The number of aromatic nitrogens is 2. The second-order valence-electron chi connectivity index (χ2n) is 9.32. The summed E-state index contributed by atoms with van der Waals surface area (Å²) in [5.74, 6) is 0.249. The molecule has 0 aliphatic carbocycles. The van der Waals surface area contributed by atoms with Gasteiger partial charge in [-0.15, -0.1) is 11.3 Å². The Morgan fingerprint density at radius 3 is 2.86 bits per heavy atom. The molecule has 0 radical (unpaired) electrons. The third-order valence-corrected chi connectivity index (χ3v) is 6.54. The van der Waals surface area contributed by atoms with Gasteiger partial charge in [-0.25, -0.2) is 4.98 Å². The topological polar surface area (TPSA) is 99.4 Å². The quantitative estimate of drug-likeness (QED) is 0.490. The fourth-order valence-electron chi connectivity index (χ4n) is 3.77. The standard InChI is InChI=1S/C26H27N5O3S/c1-26(2,3)19-7-8-22-21(12-19)31(24(32)16-34-22)15-23-29-20(17-35-23)25(33)30(11-5-9-27)14-18-6-4-10-28-13-18/h4,6-8,10,12-13,17H,5,11,14-16H2,1-3H3. The second kappa shape index (κ2) is 10.2. The third kappa shape index (κ3) is 5.66. The Bertz CT molecular complexity index is 1260. The Kier molecular flexibility index (Phi) is 7.12. The van der Waals surface area contributed by atoms with Crippen molar-refractivity contribution < 1.29 is 14.3 Å². The van der Waals surface area contributed by atoms with Crippen molar-refractivity contribution in [3.8, 4) is 11.8 Å². The van der Waals surface area contributed by atoms with Crippen molar-refractivity contribution in [2.24, 2.45) is 0 Å². The molecule has 1 aromatic carbocycles. The van der Waals surface area contributed by atoms with Gasteiger partial charge in [0.25, 0.3) is 11.8 Å². The number of hydrogen-bond donors (Lipinski definition) is 0. The van der Waals surface area contributed by atoms with E-state index in [-0.39, 0.29) is 36.8 Å². The molecule has 0 saturated heterocycles. The molecule has 1 aliphatic heterocycles. The van der Waals surface area contributed by atoms with E-state index in [0.717, 1.165) is 11.1 Å². The summed E-state index contributed by atoms with van der Waals surface area (Å²) in [6, 6.07) is 11.7.